The van der Waals surface area contributed by atoms with Gasteiger partial charge in [0, 0.05) is 12.4 Å². The van der Waals surface area contributed by atoms with E-state index in [-0.39, 0.29) is 25.2 Å². The number of aliphatic hydroxyl groups is 2. The van der Waals surface area contributed by atoms with Crippen LogP contribution in [0.5, 0.6) is 0 Å². The van der Waals surface area contributed by atoms with Crippen molar-refractivity contribution in [3.63, 3.8) is 0 Å². The number of hydrogen-bond acceptors (Lipinski definition) is 7. The third kappa shape index (κ3) is 4.77. The molecule has 2 aliphatic rings. The summed E-state index contributed by atoms with van der Waals surface area (Å²) >= 11 is 0. The molecule has 0 amide bonds. The molecule has 0 saturated carbocycles. The van der Waals surface area contributed by atoms with Crippen molar-refractivity contribution in [3.05, 3.63) is 0 Å². The monoisotopic (exact) mass is 322 g/mol. The summed E-state index contributed by atoms with van der Waals surface area (Å²) in [6.07, 6.45) is -1.59. The number of phosphoric ester groups is 1. The molecule has 0 aromatic heterocycles. The molecular formula is C10H21B2O8P. The summed E-state index contributed by atoms with van der Waals surface area (Å²) in [5.74, 6) is 0. The molecule has 120 valence electrons. The van der Waals surface area contributed by atoms with Crippen molar-refractivity contribution in [3.8, 4) is 0 Å². The second kappa shape index (κ2) is 7.10. The highest BCUT2D eigenvalue weighted by Crippen LogP contribution is 2.47. The molecular weight excluding hydrogens is 301 g/mol. The van der Waals surface area contributed by atoms with Crippen LogP contribution in [0.25, 0.3) is 0 Å². The van der Waals surface area contributed by atoms with E-state index < -0.39 is 32.2 Å². The van der Waals surface area contributed by atoms with Crippen LogP contribution in [0.4, 0.5) is 0 Å². The van der Waals surface area contributed by atoms with Crippen molar-refractivity contribution >= 4 is 23.5 Å². The smallest absolute Gasteiger partial charge is 0.394 e. The molecule has 11 heteroatoms. The fourth-order valence-electron chi connectivity index (χ4n) is 2.59. The van der Waals surface area contributed by atoms with E-state index in [4.69, 9.17) is 23.6 Å². The minimum atomic E-state index is -4.26. The Labute approximate surface area is 125 Å². The van der Waals surface area contributed by atoms with Crippen LogP contribution in [0.15, 0.2) is 0 Å². The largest absolute Gasteiger partial charge is 0.472 e. The summed E-state index contributed by atoms with van der Waals surface area (Å²) in [5, 5.41) is 18.7. The van der Waals surface area contributed by atoms with Crippen LogP contribution in [0, 0.1) is 0 Å². The minimum absolute atomic E-state index is 0.137. The lowest BCUT2D eigenvalue weighted by molar-refractivity contribution is -0.0145. The zero-order valence-corrected chi connectivity index (χ0v) is 13.0. The Morgan fingerprint density at radius 2 is 2.00 bits per heavy atom. The zero-order chi connectivity index (χ0) is 15.6. The Bertz CT molecular complexity index is 389. The highest BCUT2D eigenvalue weighted by molar-refractivity contribution is 7.47. The molecule has 2 rings (SSSR count). The molecule has 2 fully saturated rings. The molecule has 7 atom stereocenters. The summed E-state index contributed by atoms with van der Waals surface area (Å²) in [5.41, 5.74) is 0. The van der Waals surface area contributed by atoms with Crippen molar-refractivity contribution in [2.75, 3.05) is 13.2 Å². The van der Waals surface area contributed by atoms with Gasteiger partial charge in [-0.3, -0.25) is 9.05 Å². The van der Waals surface area contributed by atoms with E-state index in [9.17, 15) is 14.6 Å². The summed E-state index contributed by atoms with van der Waals surface area (Å²) < 4.78 is 32.6. The fraction of sp³-hybridized carbons (Fsp3) is 1.00. The van der Waals surface area contributed by atoms with Gasteiger partial charge in [-0.25, -0.2) is 4.57 Å². The van der Waals surface area contributed by atoms with Gasteiger partial charge < -0.3 is 24.6 Å². The standard InChI is InChI=1S/C10H21B2O8P/c11-9-2-7(8(3-13)19-9)20-21(15,16)17-4-5-1-6(14)10(12)18-5/h5-10,13-14H,1-4,11-12H2,(H,15,16)/t5-,6?,7?,8-,9-,10+/m1/s1. The normalized spacial score (nSPS) is 43.0. The molecule has 21 heavy (non-hydrogen) atoms. The van der Waals surface area contributed by atoms with Gasteiger partial charge in [0.25, 0.3) is 0 Å². The van der Waals surface area contributed by atoms with Crippen molar-refractivity contribution in [1.29, 1.82) is 0 Å². The first kappa shape index (κ1) is 17.4. The molecule has 8 nitrogen and oxygen atoms in total. The maximum Gasteiger partial charge on any atom is 0.472 e. The molecule has 2 saturated heterocycles. The second-order valence-electron chi connectivity index (χ2n) is 5.58. The van der Waals surface area contributed by atoms with Crippen LogP contribution >= 0.6 is 7.82 Å². The van der Waals surface area contributed by atoms with Crippen molar-refractivity contribution in [2.45, 2.75) is 49.3 Å². The summed E-state index contributed by atoms with van der Waals surface area (Å²) in [4.78, 5) is 9.72. The van der Waals surface area contributed by atoms with E-state index in [1.54, 1.807) is 15.7 Å². The predicted octanol–water partition coefficient (Wildman–Crippen LogP) is -2.66. The average Bonchev–Trinajstić information content (AvgIpc) is 2.90. The Kier molecular flexibility index (Phi) is 5.90. The van der Waals surface area contributed by atoms with Gasteiger partial charge in [0.15, 0.2) is 0 Å². The number of aliphatic hydroxyl groups excluding tert-OH is 2. The van der Waals surface area contributed by atoms with Gasteiger partial charge in [-0.1, -0.05) is 0 Å². The Balaban J connectivity index is 1.80. The Morgan fingerprint density at radius 1 is 1.29 bits per heavy atom. The van der Waals surface area contributed by atoms with Gasteiger partial charge in [-0.15, -0.1) is 0 Å². The van der Waals surface area contributed by atoms with Crippen LogP contribution in [0.1, 0.15) is 12.8 Å². The minimum Gasteiger partial charge on any atom is -0.394 e. The molecule has 0 radical (unpaired) electrons. The molecule has 2 heterocycles. The summed E-state index contributed by atoms with van der Waals surface area (Å²) in [6, 6.07) is -0.471. The second-order valence-corrected chi connectivity index (χ2v) is 6.98. The first-order chi connectivity index (χ1) is 9.80. The maximum absolute atomic E-state index is 11.9. The predicted molar refractivity (Wildman–Crippen MR) is 77.4 cm³/mol. The SMILES string of the molecule is B[C@H]1CC(OP(=O)(O)OC[C@H]2CC(O)[C@@H](B)O2)[C@@H](CO)O1. The summed E-state index contributed by atoms with van der Waals surface area (Å²) in [6.45, 7) is -0.424. The first-order valence-electron chi connectivity index (χ1n) is 7.06. The van der Waals surface area contributed by atoms with Crippen molar-refractivity contribution in [1.82, 2.24) is 0 Å². The highest BCUT2D eigenvalue weighted by atomic mass is 31.2. The van der Waals surface area contributed by atoms with Crippen LogP contribution in [0.3, 0.4) is 0 Å². The average molecular weight is 322 g/mol. The molecule has 0 aromatic rings. The number of rotatable bonds is 6. The molecule has 3 unspecified atom stereocenters. The quantitative estimate of drug-likeness (QED) is 0.359. The number of ether oxygens (including phenoxy) is 2. The lowest BCUT2D eigenvalue weighted by atomic mass is 9.95. The molecule has 0 spiro atoms. The van der Waals surface area contributed by atoms with Gasteiger partial charge in [0.1, 0.15) is 21.8 Å². The van der Waals surface area contributed by atoms with E-state index in [1.165, 1.54) is 0 Å². The van der Waals surface area contributed by atoms with Gasteiger partial charge >= 0.3 is 7.82 Å². The van der Waals surface area contributed by atoms with Crippen molar-refractivity contribution < 1.29 is 38.2 Å². The van der Waals surface area contributed by atoms with E-state index >= 15 is 0 Å². The summed E-state index contributed by atoms with van der Waals surface area (Å²) in [7, 11) is -0.743. The molecule has 3 N–H and O–H groups in total. The Hall–Kier alpha value is 0.0799. The van der Waals surface area contributed by atoms with Gasteiger partial charge in [-0.05, 0) is 6.42 Å². The van der Waals surface area contributed by atoms with E-state index in [1.807, 2.05) is 0 Å². The van der Waals surface area contributed by atoms with Crippen LogP contribution in [0.2, 0.25) is 0 Å². The first-order valence-corrected chi connectivity index (χ1v) is 8.56. The lowest BCUT2D eigenvalue weighted by Gasteiger charge is -2.21. The Morgan fingerprint density at radius 3 is 2.57 bits per heavy atom. The van der Waals surface area contributed by atoms with Crippen molar-refractivity contribution in [2.24, 2.45) is 0 Å². The molecule has 0 bridgehead atoms. The zero-order valence-electron chi connectivity index (χ0n) is 12.1. The topological polar surface area (TPSA) is 115 Å². The van der Waals surface area contributed by atoms with Gasteiger partial charge in [0.2, 0.25) is 0 Å². The van der Waals surface area contributed by atoms with E-state index in [2.05, 4.69) is 0 Å². The van der Waals surface area contributed by atoms with Gasteiger partial charge in [0.05, 0.1) is 37.5 Å². The fourth-order valence-corrected chi connectivity index (χ4v) is 3.57. The van der Waals surface area contributed by atoms with Crippen LogP contribution < -0.4 is 0 Å². The molecule has 0 aliphatic carbocycles. The van der Waals surface area contributed by atoms with Crippen LogP contribution in [-0.4, -0.2) is 80.4 Å². The third-order valence-electron chi connectivity index (χ3n) is 3.71. The highest BCUT2D eigenvalue weighted by Gasteiger charge is 2.39. The lowest BCUT2D eigenvalue weighted by Crippen LogP contribution is -2.27. The molecule has 2 aliphatic heterocycles. The third-order valence-corrected chi connectivity index (χ3v) is 4.72. The molecule has 0 aromatic carbocycles. The van der Waals surface area contributed by atoms with E-state index in [0.29, 0.717) is 12.8 Å². The van der Waals surface area contributed by atoms with Crippen LogP contribution in [-0.2, 0) is 23.1 Å². The van der Waals surface area contributed by atoms with Gasteiger partial charge in [-0.2, -0.15) is 0 Å². The maximum atomic E-state index is 11.9. The van der Waals surface area contributed by atoms with E-state index in [0.717, 1.165) is 0 Å². The number of phosphoric acid groups is 1. The number of hydrogen-bond donors (Lipinski definition) is 3.